The minimum absolute atomic E-state index is 0.0812. The predicted molar refractivity (Wildman–Crippen MR) is 69.8 cm³/mol. The fraction of sp³-hybridized carbons (Fsp3) is 0.900. The van der Waals surface area contributed by atoms with Gasteiger partial charge in [0.25, 0.3) is 0 Å². The van der Waals surface area contributed by atoms with Crippen LogP contribution in [0, 0.1) is 11.3 Å². The van der Waals surface area contributed by atoms with Crippen molar-refractivity contribution < 1.29 is 8.42 Å². The summed E-state index contributed by atoms with van der Waals surface area (Å²) < 4.78 is 23.9. The first-order valence-electron chi connectivity index (χ1n) is 5.54. The molecule has 1 aliphatic rings. The van der Waals surface area contributed by atoms with Crippen LogP contribution in [0.1, 0.15) is 20.8 Å². The molecule has 94 valence electrons. The first-order valence-corrected chi connectivity index (χ1v) is 8.41. The lowest BCUT2D eigenvalue weighted by Crippen LogP contribution is -2.51. The molecule has 1 unspecified atom stereocenters. The number of hydrogen-bond acceptors (Lipinski definition) is 4. The summed E-state index contributed by atoms with van der Waals surface area (Å²) in [5.74, 6) is 2.18. The minimum atomic E-state index is -3.08. The highest BCUT2D eigenvalue weighted by atomic mass is 32.2. The van der Waals surface area contributed by atoms with Crippen molar-refractivity contribution in [3.8, 4) is 0 Å². The second-order valence-corrected chi connectivity index (χ2v) is 7.81. The summed E-state index contributed by atoms with van der Waals surface area (Å²) in [7, 11) is -3.08. The minimum Gasteiger partial charge on any atom is -0.342 e. The van der Waals surface area contributed by atoms with Crippen molar-refractivity contribution in [3.05, 3.63) is 0 Å². The number of thioether (sulfide) groups is 1. The maximum Gasteiger partial charge on any atom is 0.171 e. The molecule has 1 rings (SSSR count). The third-order valence-corrected chi connectivity index (χ3v) is 6.05. The van der Waals surface area contributed by atoms with Gasteiger partial charge in [-0.05, 0) is 0 Å². The molecule has 4 nitrogen and oxygen atoms in total. The molecule has 6 heteroatoms. The molecule has 16 heavy (non-hydrogen) atoms. The van der Waals surface area contributed by atoms with Crippen LogP contribution in [0.25, 0.3) is 0 Å². The number of rotatable bonds is 3. The summed E-state index contributed by atoms with van der Waals surface area (Å²) >= 11 is 1.66. The van der Waals surface area contributed by atoms with Crippen LogP contribution in [0.5, 0.6) is 0 Å². The third-order valence-electron chi connectivity index (χ3n) is 2.76. The Bertz CT molecular complexity index is 352. The molecule has 1 aliphatic heterocycles. The number of nitrogens with one attached hydrogen (secondary N) is 1. The van der Waals surface area contributed by atoms with Gasteiger partial charge in [-0.3, -0.25) is 5.41 Å². The first-order chi connectivity index (χ1) is 7.40. The second-order valence-electron chi connectivity index (χ2n) is 4.21. The SMILES string of the molecule is CCS(=O)(=O)C1CSCCN1C(=N)C(C)C. The molecule has 0 aromatic rings. The van der Waals surface area contributed by atoms with Crippen LogP contribution in [0.3, 0.4) is 0 Å². The average Bonchev–Trinajstić information content (AvgIpc) is 2.28. The fourth-order valence-electron chi connectivity index (χ4n) is 1.68. The van der Waals surface area contributed by atoms with Gasteiger partial charge in [0.15, 0.2) is 9.84 Å². The fourth-order valence-corrected chi connectivity index (χ4v) is 4.66. The summed E-state index contributed by atoms with van der Waals surface area (Å²) in [5, 5.41) is 7.48. The quantitative estimate of drug-likeness (QED) is 0.619. The van der Waals surface area contributed by atoms with E-state index in [-0.39, 0.29) is 11.7 Å². The normalized spacial score (nSPS) is 22.5. The van der Waals surface area contributed by atoms with E-state index in [1.54, 1.807) is 23.6 Å². The molecule has 1 saturated heterocycles. The molecular formula is C10H20N2O2S2. The Labute approximate surface area is 102 Å². The van der Waals surface area contributed by atoms with Gasteiger partial charge in [0, 0.05) is 29.7 Å². The van der Waals surface area contributed by atoms with Gasteiger partial charge in [-0.25, -0.2) is 8.42 Å². The summed E-state index contributed by atoms with van der Waals surface area (Å²) in [6.07, 6.45) is 0. The molecule has 1 N–H and O–H groups in total. The zero-order valence-corrected chi connectivity index (χ0v) is 11.7. The van der Waals surface area contributed by atoms with Crippen LogP contribution in [-0.4, -0.2) is 48.3 Å². The van der Waals surface area contributed by atoms with E-state index in [0.29, 0.717) is 18.1 Å². The third kappa shape index (κ3) is 2.91. The van der Waals surface area contributed by atoms with Crippen LogP contribution in [0.2, 0.25) is 0 Å². The second kappa shape index (κ2) is 5.40. The highest BCUT2D eigenvalue weighted by Gasteiger charge is 2.34. The van der Waals surface area contributed by atoms with Crippen molar-refractivity contribution in [2.75, 3.05) is 23.8 Å². The van der Waals surface area contributed by atoms with Crippen LogP contribution in [0.4, 0.5) is 0 Å². The van der Waals surface area contributed by atoms with Crippen molar-refractivity contribution in [1.29, 1.82) is 5.41 Å². The number of nitrogens with zero attached hydrogens (tertiary/aromatic N) is 1. The number of hydrogen-bond donors (Lipinski definition) is 1. The molecule has 0 radical (unpaired) electrons. The summed E-state index contributed by atoms with van der Waals surface area (Å²) in [6, 6.07) is 0. The molecule has 0 aromatic carbocycles. The predicted octanol–water partition coefficient (Wildman–Crippen LogP) is 1.43. The molecule has 1 heterocycles. The lowest BCUT2D eigenvalue weighted by atomic mass is 10.2. The van der Waals surface area contributed by atoms with Gasteiger partial charge in [-0.15, -0.1) is 0 Å². The number of sulfone groups is 1. The highest BCUT2D eigenvalue weighted by molar-refractivity contribution is 8.01. The van der Waals surface area contributed by atoms with E-state index in [9.17, 15) is 8.42 Å². The van der Waals surface area contributed by atoms with Gasteiger partial charge in [0.1, 0.15) is 5.37 Å². The van der Waals surface area contributed by atoms with Crippen molar-refractivity contribution in [2.24, 2.45) is 5.92 Å². The van der Waals surface area contributed by atoms with E-state index in [2.05, 4.69) is 0 Å². The summed E-state index contributed by atoms with van der Waals surface area (Å²) in [6.45, 7) is 6.21. The first kappa shape index (κ1) is 13.8. The maximum absolute atomic E-state index is 11.9. The highest BCUT2D eigenvalue weighted by Crippen LogP contribution is 2.23. The smallest absolute Gasteiger partial charge is 0.171 e. The molecular weight excluding hydrogens is 244 g/mol. The van der Waals surface area contributed by atoms with E-state index in [4.69, 9.17) is 5.41 Å². The Morgan fingerprint density at radius 2 is 2.19 bits per heavy atom. The largest absolute Gasteiger partial charge is 0.342 e. The number of amidine groups is 1. The topological polar surface area (TPSA) is 61.2 Å². The molecule has 0 aromatic heterocycles. The summed E-state index contributed by atoms with van der Waals surface area (Å²) in [5.41, 5.74) is 0. The van der Waals surface area contributed by atoms with Gasteiger partial charge in [-0.2, -0.15) is 11.8 Å². The Balaban J connectivity index is 2.92. The van der Waals surface area contributed by atoms with Crippen LogP contribution < -0.4 is 0 Å². The maximum atomic E-state index is 11.9. The molecule has 0 amide bonds. The Kier molecular flexibility index (Phi) is 4.67. The van der Waals surface area contributed by atoms with Gasteiger partial charge in [-0.1, -0.05) is 20.8 Å². The van der Waals surface area contributed by atoms with E-state index >= 15 is 0 Å². The van der Waals surface area contributed by atoms with Crippen LogP contribution in [-0.2, 0) is 9.84 Å². The van der Waals surface area contributed by atoms with E-state index < -0.39 is 15.2 Å². The Morgan fingerprint density at radius 1 is 1.56 bits per heavy atom. The van der Waals surface area contributed by atoms with Gasteiger partial charge in [0.05, 0.1) is 5.84 Å². The lowest BCUT2D eigenvalue weighted by molar-refractivity contribution is 0.389. The van der Waals surface area contributed by atoms with Crippen molar-refractivity contribution in [2.45, 2.75) is 26.1 Å². The molecule has 1 atom stereocenters. The molecule has 0 spiro atoms. The zero-order valence-electron chi connectivity index (χ0n) is 10.1. The Morgan fingerprint density at radius 3 is 2.69 bits per heavy atom. The standard InChI is InChI=1S/C10H20N2O2S2/c1-4-16(13,14)9-7-15-6-5-12(9)10(11)8(2)3/h8-9,11H,4-7H2,1-3H3. The average molecular weight is 264 g/mol. The van der Waals surface area contributed by atoms with E-state index in [1.165, 1.54) is 0 Å². The van der Waals surface area contributed by atoms with Crippen molar-refractivity contribution >= 4 is 27.4 Å². The van der Waals surface area contributed by atoms with Gasteiger partial charge < -0.3 is 4.90 Å². The lowest BCUT2D eigenvalue weighted by Gasteiger charge is -2.37. The van der Waals surface area contributed by atoms with E-state index in [0.717, 1.165) is 5.75 Å². The monoisotopic (exact) mass is 264 g/mol. The van der Waals surface area contributed by atoms with Gasteiger partial charge in [0.2, 0.25) is 0 Å². The molecule has 0 saturated carbocycles. The summed E-state index contributed by atoms with van der Waals surface area (Å²) in [4.78, 5) is 1.76. The zero-order chi connectivity index (χ0) is 12.3. The van der Waals surface area contributed by atoms with E-state index in [1.807, 2.05) is 13.8 Å². The van der Waals surface area contributed by atoms with Crippen molar-refractivity contribution in [1.82, 2.24) is 4.90 Å². The molecule has 1 fully saturated rings. The van der Waals surface area contributed by atoms with Crippen LogP contribution >= 0.6 is 11.8 Å². The van der Waals surface area contributed by atoms with Gasteiger partial charge >= 0.3 is 0 Å². The van der Waals surface area contributed by atoms with Crippen LogP contribution in [0.15, 0.2) is 0 Å². The molecule has 0 bridgehead atoms. The molecule has 0 aliphatic carbocycles. The van der Waals surface area contributed by atoms with Crippen molar-refractivity contribution in [3.63, 3.8) is 0 Å². The Hall–Kier alpha value is -0.230.